The third-order valence-electron chi connectivity index (χ3n) is 4.64. The number of H-pyrrole nitrogens is 1. The molecule has 0 spiro atoms. The van der Waals surface area contributed by atoms with Crippen molar-refractivity contribution in [3.8, 4) is 0 Å². The number of hydrogen-bond acceptors (Lipinski definition) is 3. The Bertz CT molecular complexity index is 968. The van der Waals surface area contributed by atoms with Gasteiger partial charge in [0.05, 0.1) is 6.54 Å². The summed E-state index contributed by atoms with van der Waals surface area (Å²) in [6.07, 6.45) is 2.98. The molecule has 2 heterocycles. The maximum Gasteiger partial charge on any atom is 0.339 e. The first-order chi connectivity index (χ1) is 12.4. The third kappa shape index (κ3) is 3.49. The van der Waals surface area contributed by atoms with E-state index in [1.54, 1.807) is 18.9 Å². The van der Waals surface area contributed by atoms with E-state index in [9.17, 15) is 9.59 Å². The molecule has 2 N–H and O–H groups in total. The van der Waals surface area contributed by atoms with Crippen molar-refractivity contribution in [2.45, 2.75) is 33.2 Å². The summed E-state index contributed by atoms with van der Waals surface area (Å²) in [7, 11) is 1.69. The molecule has 6 heteroatoms. The Morgan fingerprint density at radius 1 is 1.27 bits per heavy atom. The normalized spacial score (nSPS) is 11.0. The summed E-state index contributed by atoms with van der Waals surface area (Å²) in [5, 5.41) is 10.2. The zero-order chi connectivity index (χ0) is 18.8. The molecule has 0 saturated carbocycles. The predicted octanol–water partition coefficient (Wildman–Crippen LogP) is 3.67. The number of carboxylic acid groups (broad SMARTS) is 1. The first-order valence-corrected chi connectivity index (χ1v) is 8.49. The Hall–Kier alpha value is -3.02. The number of carbonyl (C=O) groups is 2. The van der Waals surface area contributed by atoms with Crippen LogP contribution in [-0.4, -0.2) is 33.9 Å². The SMILES string of the molecule is Cc1oc(CN(C)C(=O)CCc2c[nH]c3c(C)cccc23)cc1C(=O)O. The van der Waals surface area contributed by atoms with Crippen molar-refractivity contribution in [2.24, 2.45) is 0 Å². The van der Waals surface area contributed by atoms with Gasteiger partial charge in [-0.2, -0.15) is 0 Å². The van der Waals surface area contributed by atoms with Gasteiger partial charge in [-0.05, 0) is 37.5 Å². The lowest BCUT2D eigenvalue weighted by Gasteiger charge is -2.15. The molecular formula is C20H22N2O4. The zero-order valence-electron chi connectivity index (χ0n) is 15.1. The second-order valence-electron chi connectivity index (χ2n) is 6.55. The number of aromatic amines is 1. The molecule has 1 aromatic carbocycles. The monoisotopic (exact) mass is 354 g/mol. The van der Waals surface area contributed by atoms with E-state index in [2.05, 4.69) is 24.0 Å². The minimum Gasteiger partial charge on any atom is -0.478 e. The minimum absolute atomic E-state index is 0.0158. The average Bonchev–Trinajstić information content (AvgIpc) is 3.17. The van der Waals surface area contributed by atoms with Crippen molar-refractivity contribution in [3.05, 3.63) is 58.7 Å². The molecule has 0 fully saturated rings. The maximum absolute atomic E-state index is 12.4. The van der Waals surface area contributed by atoms with Crippen molar-refractivity contribution in [1.29, 1.82) is 0 Å². The summed E-state index contributed by atoms with van der Waals surface area (Å²) in [4.78, 5) is 28.3. The highest BCUT2D eigenvalue weighted by Crippen LogP contribution is 2.22. The number of aromatic nitrogens is 1. The molecule has 0 aliphatic heterocycles. The fraction of sp³-hybridized carbons (Fsp3) is 0.300. The fourth-order valence-corrected chi connectivity index (χ4v) is 3.16. The largest absolute Gasteiger partial charge is 0.478 e. The second kappa shape index (κ2) is 7.07. The van der Waals surface area contributed by atoms with Crippen LogP contribution in [0.2, 0.25) is 0 Å². The summed E-state index contributed by atoms with van der Waals surface area (Å²) in [5.41, 5.74) is 3.54. The summed E-state index contributed by atoms with van der Waals surface area (Å²) in [5.74, 6) is -0.222. The molecule has 136 valence electrons. The van der Waals surface area contributed by atoms with Crippen molar-refractivity contribution in [1.82, 2.24) is 9.88 Å². The van der Waals surface area contributed by atoms with Crippen LogP contribution in [-0.2, 0) is 17.8 Å². The molecule has 0 aliphatic rings. The summed E-state index contributed by atoms with van der Waals surface area (Å²) < 4.78 is 5.44. The Kier molecular flexibility index (Phi) is 4.84. The number of amides is 1. The van der Waals surface area contributed by atoms with Gasteiger partial charge < -0.3 is 19.4 Å². The molecule has 0 atom stereocenters. The summed E-state index contributed by atoms with van der Waals surface area (Å²) >= 11 is 0. The molecular weight excluding hydrogens is 332 g/mol. The lowest BCUT2D eigenvalue weighted by molar-refractivity contribution is -0.130. The van der Waals surface area contributed by atoms with Crippen LogP contribution in [0.15, 0.2) is 34.9 Å². The van der Waals surface area contributed by atoms with E-state index < -0.39 is 5.97 Å². The second-order valence-corrected chi connectivity index (χ2v) is 6.55. The molecule has 6 nitrogen and oxygen atoms in total. The number of carbonyl (C=O) groups excluding carboxylic acids is 1. The van der Waals surface area contributed by atoms with Gasteiger partial charge in [-0.15, -0.1) is 0 Å². The van der Waals surface area contributed by atoms with Crippen LogP contribution in [0.25, 0.3) is 10.9 Å². The lowest BCUT2D eigenvalue weighted by atomic mass is 10.1. The first-order valence-electron chi connectivity index (χ1n) is 8.49. The number of hydrogen-bond donors (Lipinski definition) is 2. The summed E-state index contributed by atoms with van der Waals surface area (Å²) in [6, 6.07) is 7.60. The van der Waals surface area contributed by atoms with E-state index in [1.165, 1.54) is 11.6 Å². The van der Waals surface area contributed by atoms with Crippen molar-refractivity contribution >= 4 is 22.8 Å². The van der Waals surface area contributed by atoms with Crippen LogP contribution < -0.4 is 0 Å². The number of aromatic carboxylic acids is 1. The fourth-order valence-electron chi connectivity index (χ4n) is 3.16. The molecule has 0 unspecified atom stereocenters. The molecule has 2 aromatic heterocycles. The van der Waals surface area contributed by atoms with Crippen LogP contribution in [0.3, 0.4) is 0 Å². The van der Waals surface area contributed by atoms with Crippen LogP contribution in [0.5, 0.6) is 0 Å². The predicted molar refractivity (Wildman–Crippen MR) is 98.2 cm³/mol. The van der Waals surface area contributed by atoms with Crippen LogP contribution in [0, 0.1) is 13.8 Å². The molecule has 26 heavy (non-hydrogen) atoms. The van der Waals surface area contributed by atoms with E-state index in [0.29, 0.717) is 24.4 Å². The maximum atomic E-state index is 12.4. The van der Waals surface area contributed by atoms with Gasteiger partial charge in [0.2, 0.25) is 5.91 Å². The number of aryl methyl sites for hydroxylation is 3. The molecule has 1 amide bonds. The number of benzene rings is 1. The van der Waals surface area contributed by atoms with E-state index >= 15 is 0 Å². The van der Waals surface area contributed by atoms with Gasteiger partial charge in [0.25, 0.3) is 0 Å². The number of furan rings is 1. The lowest BCUT2D eigenvalue weighted by Crippen LogP contribution is -2.26. The number of nitrogens with zero attached hydrogens (tertiary/aromatic N) is 1. The van der Waals surface area contributed by atoms with Crippen LogP contribution in [0.4, 0.5) is 0 Å². The zero-order valence-corrected chi connectivity index (χ0v) is 15.1. The Morgan fingerprint density at radius 3 is 2.73 bits per heavy atom. The number of carboxylic acids is 1. The van der Waals surface area contributed by atoms with E-state index in [1.807, 2.05) is 12.3 Å². The molecule has 0 radical (unpaired) electrons. The Morgan fingerprint density at radius 2 is 2.04 bits per heavy atom. The van der Waals surface area contributed by atoms with Gasteiger partial charge in [0.15, 0.2) is 0 Å². The molecule has 3 rings (SSSR count). The number of rotatable bonds is 6. The van der Waals surface area contributed by atoms with E-state index in [-0.39, 0.29) is 18.0 Å². The standard InChI is InChI=1S/C20H22N2O4/c1-12-5-4-6-16-14(10-21-19(12)16)7-8-18(23)22(3)11-15-9-17(20(24)25)13(2)26-15/h4-6,9-10,21H,7-8,11H2,1-3H3,(H,24,25). The van der Waals surface area contributed by atoms with E-state index in [4.69, 9.17) is 9.52 Å². The highest BCUT2D eigenvalue weighted by Gasteiger charge is 2.17. The van der Waals surface area contributed by atoms with Gasteiger partial charge in [-0.3, -0.25) is 4.79 Å². The van der Waals surface area contributed by atoms with Crippen molar-refractivity contribution < 1.29 is 19.1 Å². The van der Waals surface area contributed by atoms with Crippen LogP contribution >= 0.6 is 0 Å². The van der Waals surface area contributed by atoms with Crippen molar-refractivity contribution in [2.75, 3.05) is 7.05 Å². The molecule has 0 aliphatic carbocycles. The van der Waals surface area contributed by atoms with Crippen molar-refractivity contribution in [3.63, 3.8) is 0 Å². The number of para-hydroxylation sites is 1. The molecule has 0 bridgehead atoms. The third-order valence-corrected chi connectivity index (χ3v) is 4.64. The number of nitrogens with one attached hydrogen (secondary N) is 1. The minimum atomic E-state index is -1.03. The highest BCUT2D eigenvalue weighted by molar-refractivity contribution is 5.89. The quantitative estimate of drug-likeness (QED) is 0.707. The van der Waals surface area contributed by atoms with Crippen LogP contribution in [0.1, 0.15) is 39.4 Å². The molecule has 0 saturated heterocycles. The molecule has 3 aromatic rings. The summed E-state index contributed by atoms with van der Waals surface area (Å²) in [6.45, 7) is 3.91. The highest BCUT2D eigenvalue weighted by atomic mass is 16.4. The van der Waals surface area contributed by atoms with Gasteiger partial charge in [-0.25, -0.2) is 4.79 Å². The van der Waals surface area contributed by atoms with Gasteiger partial charge in [0.1, 0.15) is 17.1 Å². The number of fused-ring (bicyclic) bond motifs is 1. The topological polar surface area (TPSA) is 86.5 Å². The van der Waals surface area contributed by atoms with Gasteiger partial charge in [0, 0.05) is 30.6 Å². The Balaban J connectivity index is 1.63. The van der Waals surface area contributed by atoms with E-state index in [0.717, 1.165) is 16.5 Å². The first kappa shape index (κ1) is 17.8. The van der Waals surface area contributed by atoms with Gasteiger partial charge in [-0.1, -0.05) is 18.2 Å². The van der Waals surface area contributed by atoms with Gasteiger partial charge >= 0.3 is 5.97 Å². The smallest absolute Gasteiger partial charge is 0.339 e. The Labute approximate surface area is 151 Å². The average molecular weight is 354 g/mol.